The van der Waals surface area contributed by atoms with Crippen LogP contribution in [0.15, 0.2) is 66.9 Å². The minimum absolute atomic E-state index is 0.333. The fourth-order valence-electron chi connectivity index (χ4n) is 2.62. The molecule has 0 aliphatic heterocycles. The van der Waals surface area contributed by atoms with Crippen LogP contribution in [-0.4, -0.2) is 29.0 Å². The molecule has 0 spiro atoms. The van der Waals surface area contributed by atoms with Gasteiger partial charge in [-0.1, -0.05) is 48.5 Å². The first kappa shape index (κ1) is 17.9. The third-order valence-electron chi connectivity index (χ3n) is 3.90. The van der Waals surface area contributed by atoms with E-state index in [4.69, 9.17) is 9.47 Å². The molecule has 0 unspecified atom stereocenters. The van der Waals surface area contributed by atoms with Crippen LogP contribution in [0.3, 0.4) is 0 Å². The topological polar surface area (TPSA) is 53.4 Å². The zero-order chi connectivity index (χ0) is 18.2. The Morgan fingerprint density at radius 3 is 2.42 bits per heavy atom. The van der Waals surface area contributed by atoms with Crippen molar-refractivity contribution in [2.45, 2.75) is 20.0 Å². The highest BCUT2D eigenvalue weighted by atomic mass is 16.5. The van der Waals surface area contributed by atoms with Crippen LogP contribution in [0.25, 0.3) is 5.69 Å². The lowest BCUT2D eigenvalue weighted by Gasteiger charge is -2.05. The molecule has 3 rings (SSSR count). The molecule has 134 valence electrons. The molecule has 0 N–H and O–H groups in total. The third-order valence-corrected chi connectivity index (χ3v) is 3.90. The highest BCUT2D eigenvalue weighted by Crippen LogP contribution is 2.15. The van der Waals surface area contributed by atoms with Crippen molar-refractivity contribution in [2.24, 2.45) is 0 Å². The van der Waals surface area contributed by atoms with Crippen molar-refractivity contribution in [3.05, 3.63) is 83.7 Å². The molecule has 1 aromatic heterocycles. The number of rotatable bonds is 8. The molecule has 26 heavy (non-hydrogen) atoms. The summed E-state index contributed by atoms with van der Waals surface area (Å²) in [6.45, 7) is 3.14. The molecule has 0 atom stereocenters. The van der Waals surface area contributed by atoms with Gasteiger partial charge in [-0.3, -0.25) is 0 Å². The van der Waals surface area contributed by atoms with Crippen molar-refractivity contribution in [1.29, 1.82) is 0 Å². The van der Waals surface area contributed by atoms with E-state index in [9.17, 15) is 4.79 Å². The predicted molar refractivity (Wildman–Crippen MR) is 99.3 cm³/mol. The molecule has 0 radical (unpaired) electrons. The normalized spacial score (nSPS) is 10.7. The molecular formula is C21H22N2O3. The van der Waals surface area contributed by atoms with Crippen LogP contribution in [0, 0.1) is 0 Å². The molecule has 0 aliphatic rings. The van der Waals surface area contributed by atoms with Gasteiger partial charge in [-0.15, -0.1) is 0 Å². The van der Waals surface area contributed by atoms with Crippen LogP contribution in [0.5, 0.6) is 0 Å². The van der Waals surface area contributed by atoms with Gasteiger partial charge in [-0.2, -0.15) is 5.10 Å². The van der Waals surface area contributed by atoms with Gasteiger partial charge in [0.2, 0.25) is 0 Å². The largest absolute Gasteiger partial charge is 0.462 e. The molecule has 2 aromatic carbocycles. The second kappa shape index (κ2) is 8.97. The molecule has 1 heterocycles. The second-order valence-corrected chi connectivity index (χ2v) is 5.78. The van der Waals surface area contributed by atoms with E-state index in [1.165, 1.54) is 0 Å². The first-order chi connectivity index (χ1) is 12.8. The molecular weight excluding hydrogens is 328 g/mol. The van der Waals surface area contributed by atoms with Gasteiger partial charge >= 0.3 is 5.97 Å². The van der Waals surface area contributed by atoms with E-state index in [-0.39, 0.29) is 5.97 Å². The van der Waals surface area contributed by atoms with Crippen LogP contribution >= 0.6 is 0 Å². The van der Waals surface area contributed by atoms with Gasteiger partial charge in [0, 0.05) is 12.6 Å². The van der Waals surface area contributed by atoms with E-state index >= 15 is 0 Å². The van der Waals surface area contributed by atoms with Crippen LogP contribution < -0.4 is 0 Å². The first-order valence-electron chi connectivity index (χ1n) is 8.70. The average Bonchev–Trinajstić information content (AvgIpc) is 3.11. The number of hydrogen-bond acceptors (Lipinski definition) is 4. The predicted octanol–water partition coefficient (Wildman–Crippen LogP) is 3.81. The minimum Gasteiger partial charge on any atom is -0.462 e. The quantitative estimate of drug-likeness (QED) is 0.458. The fraction of sp³-hybridized carbons (Fsp3) is 0.238. The van der Waals surface area contributed by atoms with Gasteiger partial charge in [0.25, 0.3) is 0 Å². The summed E-state index contributed by atoms with van der Waals surface area (Å²) < 4.78 is 12.6. The maximum Gasteiger partial charge on any atom is 0.341 e. The van der Waals surface area contributed by atoms with Crippen molar-refractivity contribution in [2.75, 3.05) is 13.2 Å². The lowest BCUT2D eigenvalue weighted by atomic mass is 10.2. The van der Waals surface area contributed by atoms with E-state index in [1.807, 2.05) is 60.7 Å². The molecule has 5 heteroatoms. The van der Waals surface area contributed by atoms with Gasteiger partial charge in [-0.25, -0.2) is 9.48 Å². The summed E-state index contributed by atoms with van der Waals surface area (Å²) in [6, 6.07) is 19.7. The number of aromatic nitrogens is 2. The number of nitrogens with zero attached hydrogens (tertiary/aromatic N) is 2. The van der Waals surface area contributed by atoms with Gasteiger partial charge in [-0.05, 0) is 24.6 Å². The molecule has 0 aliphatic carbocycles. The number of carbonyl (C=O) groups excluding carboxylic acids is 1. The van der Waals surface area contributed by atoms with Crippen LogP contribution in [0.2, 0.25) is 0 Å². The number of hydrogen-bond donors (Lipinski definition) is 0. The summed E-state index contributed by atoms with van der Waals surface area (Å²) in [7, 11) is 0. The highest BCUT2D eigenvalue weighted by molar-refractivity contribution is 5.90. The monoisotopic (exact) mass is 350 g/mol. The maximum absolute atomic E-state index is 12.2. The highest BCUT2D eigenvalue weighted by Gasteiger charge is 2.18. The molecule has 0 fully saturated rings. The number of esters is 1. The Kier molecular flexibility index (Phi) is 6.17. The lowest BCUT2D eigenvalue weighted by molar-refractivity contribution is 0.0524. The van der Waals surface area contributed by atoms with Crippen molar-refractivity contribution in [3.63, 3.8) is 0 Å². The summed E-state index contributed by atoms with van der Waals surface area (Å²) in [5, 5.41) is 4.56. The lowest BCUT2D eigenvalue weighted by Crippen LogP contribution is -2.08. The van der Waals surface area contributed by atoms with E-state index in [1.54, 1.807) is 17.8 Å². The molecule has 0 amide bonds. The molecule has 0 bridgehead atoms. The van der Waals surface area contributed by atoms with Gasteiger partial charge in [0.1, 0.15) is 5.56 Å². The van der Waals surface area contributed by atoms with Crippen molar-refractivity contribution in [3.8, 4) is 5.69 Å². The smallest absolute Gasteiger partial charge is 0.341 e. The van der Waals surface area contributed by atoms with Crippen LogP contribution in [-0.2, 0) is 22.5 Å². The van der Waals surface area contributed by atoms with Crippen molar-refractivity contribution in [1.82, 2.24) is 9.78 Å². The summed E-state index contributed by atoms with van der Waals surface area (Å²) in [6.07, 6.45) is 2.26. The summed E-state index contributed by atoms with van der Waals surface area (Å²) in [5.74, 6) is -0.354. The van der Waals surface area contributed by atoms with Crippen LogP contribution in [0.1, 0.15) is 28.5 Å². The van der Waals surface area contributed by atoms with E-state index in [0.717, 1.165) is 11.3 Å². The van der Waals surface area contributed by atoms with Gasteiger partial charge < -0.3 is 9.47 Å². The Bertz CT molecular complexity index is 829. The molecule has 3 aromatic rings. The third kappa shape index (κ3) is 4.58. The zero-order valence-electron chi connectivity index (χ0n) is 14.8. The Morgan fingerprint density at radius 2 is 1.73 bits per heavy atom. The Hall–Kier alpha value is -2.92. The number of para-hydroxylation sites is 1. The standard InChI is InChI=1S/C21H22N2O3/c1-2-26-21(24)19-15-23(18-11-7-4-8-12-18)22-20(19)13-14-25-16-17-9-5-3-6-10-17/h3-12,15H,2,13-14,16H2,1H3. The Labute approximate surface area is 153 Å². The first-order valence-corrected chi connectivity index (χ1v) is 8.70. The second-order valence-electron chi connectivity index (χ2n) is 5.78. The maximum atomic E-state index is 12.2. The fourth-order valence-corrected chi connectivity index (χ4v) is 2.62. The van der Waals surface area contributed by atoms with Crippen LogP contribution in [0.4, 0.5) is 0 Å². The average molecular weight is 350 g/mol. The number of carbonyl (C=O) groups is 1. The van der Waals surface area contributed by atoms with E-state index in [0.29, 0.717) is 37.5 Å². The summed E-state index contributed by atoms with van der Waals surface area (Å²) in [5.41, 5.74) is 3.18. The zero-order valence-corrected chi connectivity index (χ0v) is 14.8. The molecule has 0 saturated heterocycles. The van der Waals surface area contributed by atoms with Gasteiger partial charge in [0.05, 0.1) is 31.2 Å². The molecule has 5 nitrogen and oxygen atoms in total. The minimum atomic E-state index is -0.354. The SMILES string of the molecule is CCOC(=O)c1cn(-c2ccccc2)nc1CCOCc1ccccc1. The van der Waals surface area contributed by atoms with Crippen molar-refractivity contribution >= 4 is 5.97 Å². The van der Waals surface area contributed by atoms with E-state index in [2.05, 4.69) is 5.10 Å². The Balaban J connectivity index is 1.69. The van der Waals surface area contributed by atoms with Crippen molar-refractivity contribution < 1.29 is 14.3 Å². The molecule has 0 saturated carbocycles. The summed E-state index contributed by atoms with van der Waals surface area (Å²) >= 11 is 0. The number of ether oxygens (including phenoxy) is 2. The van der Waals surface area contributed by atoms with E-state index < -0.39 is 0 Å². The Morgan fingerprint density at radius 1 is 1.04 bits per heavy atom. The summed E-state index contributed by atoms with van der Waals surface area (Å²) in [4.78, 5) is 12.2. The number of benzene rings is 2. The van der Waals surface area contributed by atoms with Gasteiger partial charge in [0.15, 0.2) is 0 Å².